The predicted molar refractivity (Wildman–Crippen MR) is 95.4 cm³/mol. The fourth-order valence-corrected chi connectivity index (χ4v) is 3.25. The Morgan fingerprint density at radius 2 is 2.16 bits per heavy atom. The molecule has 2 aromatic rings. The molecule has 0 radical (unpaired) electrons. The summed E-state index contributed by atoms with van der Waals surface area (Å²) in [6.45, 7) is 4.82. The summed E-state index contributed by atoms with van der Waals surface area (Å²) in [5.41, 5.74) is 1.20. The van der Waals surface area contributed by atoms with Crippen LogP contribution in [0.1, 0.15) is 49.9 Å². The second-order valence-electron chi connectivity index (χ2n) is 6.52. The molecule has 0 N–H and O–H groups in total. The van der Waals surface area contributed by atoms with Crippen molar-refractivity contribution in [1.29, 1.82) is 0 Å². The van der Waals surface area contributed by atoms with Crippen LogP contribution in [0.5, 0.6) is 0 Å². The average molecular weight is 342 g/mol. The van der Waals surface area contributed by atoms with Crippen LogP contribution >= 0.6 is 0 Å². The number of imidazole rings is 1. The number of hydrogen-bond acceptors (Lipinski definition) is 4. The number of hydrogen-bond donors (Lipinski definition) is 0. The molecule has 1 saturated heterocycles. The molecule has 6 nitrogen and oxygen atoms in total. The number of ether oxygens (including phenoxy) is 1. The average Bonchev–Trinajstić information content (AvgIpc) is 3.11. The topological polar surface area (TPSA) is 60.2 Å². The van der Waals surface area contributed by atoms with Gasteiger partial charge in [0.15, 0.2) is 0 Å². The van der Waals surface area contributed by atoms with E-state index in [2.05, 4.69) is 21.5 Å². The first-order valence-electron chi connectivity index (χ1n) is 9.09. The number of rotatable bonds is 6. The van der Waals surface area contributed by atoms with Gasteiger partial charge in [0.2, 0.25) is 0 Å². The zero-order chi connectivity index (χ0) is 17.5. The van der Waals surface area contributed by atoms with Crippen LogP contribution in [0.3, 0.4) is 0 Å². The van der Waals surface area contributed by atoms with Gasteiger partial charge in [-0.05, 0) is 37.0 Å². The molecule has 134 valence electrons. The van der Waals surface area contributed by atoms with Crippen LogP contribution in [0.2, 0.25) is 0 Å². The Morgan fingerprint density at radius 1 is 1.32 bits per heavy atom. The minimum absolute atomic E-state index is 0.189. The molecular weight excluding hydrogens is 316 g/mol. The first-order chi connectivity index (χ1) is 12.3. The van der Waals surface area contributed by atoms with E-state index in [0.29, 0.717) is 13.2 Å². The minimum atomic E-state index is -0.189. The van der Waals surface area contributed by atoms with Crippen LogP contribution in [0.25, 0.3) is 0 Å². The van der Waals surface area contributed by atoms with Crippen molar-refractivity contribution in [3.05, 3.63) is 48.3 Å². The van der Waals surface area contributed by atoms with E-state index in [1.54, 1.807) is 12.4 Å². The van der Waals surface area contributed by atoms with Crippen molar-refractivity contribution in [2.45, 2.75) is 45.1 Å². The van der Waals surface area contributed by atoms with Gasteiger partial charge in [0, 0.05) is 50.3 Å². The largest absolute Gasteiger partial charge is 0.449 e. The van der Waals surface area contributed by atoms with Crippen molar-refractivity contribution in [2.24, 2.45) is 0 Å². The maximum Gasteiger partial charge on any atom is 0.409 e. The molecule has 1 aliphatic rings. The highest BCUT2D eigenvalue weighted by Crippen LogP contribution is 2.26. The SMILES string of the molecule is CCCCOC(=O)N1CCC[C@H](c2nccn2Cc2ccncc2)C1. The van der Waals surface area contributed by atoms with Crippen LogP contribution in [0, 0.1) is 0 Å². The Balaban J connectivity index is 1.64. The highest BCUT2D eigenvalue weighted by molar-refractivity contribution is 5.67. The van der Waals surface area contributed by atoms with E-state index in [4.69, 9.17) is 4.74 Å². The number of unbranched alkanes of at least 4 members (excludes halogenated alkanes) is 1. The second kappa shape index (κ2) is 8.65. The van der Waals surface area contributed by atoms with Gasteiger partial charge in [-0.3, -0.25) is 4.98 Å². The van der Waals surface area contributed by atoms with Crippen LogP contribution in [0.15, 0.2) is 36.9 Å². The third-order valence-electron chi connectivity index (χ3n) is 4.62. The molecule has 1 aliphatic heterocycles. The minimum Gasteiger partial charge on any atom is -0.449 e. The molecule has 0 aromatic carbocycles. The third kappa shape index (κ3) is 4.59. The smallest absolute Gasteiger partial charge is 0.409 e. The van der Waals surface area contributed by atoms with Crippen LogP contribution in [-0.4, -0.2) is 45.2 Å². The van der Waals surface area contributed by atoms with E-state index in [-0.39, 0.29) is 12.0 Å². The number of aromatic nitrogens is 3. The molecule has 0 aliphatic carbocycles. The maximum absolute atomic E-state index is 12.2. The molecule has 2 aromatic heterocycles. The molecule has 1 fully saturated rings. The number of carbonyl (C=O) groups is 1. The standard InChI is InChI=1S/C19H26N4O2/c1-2-3-13-25-19(24)23-11-4-5-17(15-23)18-21-10-12-22(18)14-16-6-8-20-9-7-16/h6-10,12,17H,2-5,11,13-15H2,1H3/t17-/m0/s1. The lowest BCUT2D eigenvalue weighted by Gasteiger charge is -2.32. The summed E-state index contributed by atoms with van der Waals surface area (Å²) in [7, 11) is 0. The monoisotopic (exact) mass is 342 g/mol. The summed E-state index contributed by atoms with van der Waals surface area (Å²) < 4.78 is 7.54. The van der Waals surface area contributed by atoms with Crippen molar-refractivity contribution < 1.29 is 9.53 Å². The molecule has 0 unspecified atom stereocenters. The van der Waals surface area contributed by atoms with Gasteiger partial charge in [-0.2, -0.15) is 0 Å². The van der Waals surface area contributed by atoms with Crippen LogP contribution in [-0.2, 0) is 11.3 Å². The molecule has 25 heavy (non-hydrogen) atoms. The third-order valence-corrected chi connectivity index (χ3v) is 4.62. The van der Waals surface area contributed by atoms with Crippen molar-refractivity contribution >= 4 is 6.09 Å². The predicted octanol–water partition coefficient (Wildman–Crippen LogP) is 3.44. The van der Waals surface area contributed by atoms with E-state index >= 15 is 0 Å². The van der Waals surface area contributed by atoms with E-state index in [1.165, 1.54) is 5.56 Å². The summed E-state index contributed by atoms with van der Waals surface area (Å²) in [5, 5.41) is 0. The quantitative estimate of drug-likeness (QED) is 0.755. The highest BCUT2D eigenvalue weighted by atomic mass is 16.6. The van der Waals surface area contributed by atoms with Gasteiger partial charge < -0.3 is 14.2 Å². The van der Waals surface area contributed by atoms with Gasteiger partial charge in [0.05, 0.1) is 6.61 Å². The lowest BCUT2D eigenvalue weighted by molar-refractivity contribution is 0.0896. The Labute approximate surface area is 148 Å². The lowest BCUT2D eigenvalue weighted by Crippen LogP contribution is -2.40. The van der Waals surface area contributed by atoms with Gasteiger partial charge >= 0.3 is 6.09 Å². The molecule has 1 atom stereocenters. The zero-order valence-electron chi connectivity index (χ0n) is 14.8. The van der Waals surface area contributed by atoms with Crippen LogP contribution in [0.4, 0.5) is 4.79 Å². The van der Waals surface area contributed by atoms with Crippen molar-refractivity contribution in [1.82, 2.24) is 19.4 Å². The van der Waals surface area contributed by atoms with Gasteiger partial charge in [-0.25, -0.2) is 9.78 Å². The summed E-state index contributed by atoms with van der Waals surface area (Å²) >= 11 is 0. The molecule has 3 rings (SSSR count). The summed E-state index contributed by atoms with van der Waals surface area (Å²) in [5.74, 6) is 1.30. The van der Waals surface area contributed by atoms with E-state index in [0.717, 1.165) is 44.6 Å². The van der Waals surface area contributed by atoms with E-state index in [9.17, 15) is 4.79 Å². The van der Waals surface area contributed by atoms with E-state index in [1.807, 2.05) is 29.4 Å². The molecule has 3 heterocycles. The Kier molecular flexibility index (Phi) is 6.04. The van der Waals surface area contributed by atoms with E-state index < -0.39 is 0 Å². The molecular formula is C19H26N4O2. The van der Waals surface area contributed by atoms with Gasteiger partial charge in [-0.1, -0.05) is 13.3 Å². The number of carbonyl (C=O) groups excluding carboxylic acids is 1. The number of piperidine rings is 1. The first-order valence-corrected chi connectivity index (χ1v) is 9.09. The van der Waals surface area contributed by atoms with Gasteiger partial charge in [0.1, 0.15) is 5.82 Å². The summed E-state index contributed by atoms with van der Waals surface area (Å²) in [6.07, 6.45) is 11.2. The molecule has 6 heteroatoms. The lowest BCUT2D eigenvalue weighted by atomic mass is 9.97. The normalized spacial score (nSPS) is 17.5. The number of amides is 1. The summed E-state index contributed by atoms with van der Waals surface area (Å²) in [4.78, 5) is 22.7. The van der Waals surface area contributed by atoms with Crippen molar-refractivity contribution in [2.75, 3.05) is 19.7 Å². The molecule has 1 amide bonds. The van der Waals surface area contributed by atoms with Crippen LogP contribution < -0.4 is 0 Å². The Hall–Kier alpha value is -2.37. The van der Waals surface area contributed by atoms with Crippen molar-refractivity contribution in [3.8, 4) is 0 Å². The maximum atomic E-state index is 12.2. The fraction of sp³-hybridized carbons (Fsp3) is 0.526. The Bertz CT molecular complexity index is 671. The summed E-state index contributed by atoms with van der Waals surface area (Å²) in [6, 6.07) is 4.03. The fourth-order valence-electron chi connectivity index (χ4n) is 3.25. The zero-order valence-corrected chi connectivity index (χ0v) is 14.8. The Morgan fingerprint density at radius 3 is 2.96 bits per heavy atom. The molecule has 0 saturated carbocycles. The first kappa shape index (κ1) is 17.5. The number of likely N-dealkylation sites (tertiary alicyclic amines) is 1. The van der Waals surface area contributed by atoms with Gasteiger partial charge in [0.25, 0.3) is 0 Å². The number of pyridine rings is 1. The second-order valence-corrected chi connectivity index (χ2v) is 6.52. The number of nitrogens with zero attached hydrogens (tertiary/aromatic N) is 4. The highest BCUT2D eigenvalue weighted by Gasteiger charge is 2.28. The van der Waals surface area contributed by atoms with Gasteiger partial charge in [-0.15, -0.1) is 0 Å². The molecule has 0 bridgehead atoms. The van der Waals surface area contributed by atoms with Crippen molar-refractivity contribution in [3.63, 3.8) is 0 Å². The molecule has 0 spiro atoms.